The Morgan fingerprint density at radius 2 is 2.27 bits per heavy atom. The minimum Gasteiger partial charge on any atom is -0.262 e. The van der Waals surface area contributed by atoms with Gasteiger partial charge in [0.15, 0.2) is 5.69 Å². The van der Waals surface area contributed by atoms with E-state index in [0.717, 1.165) is 5.82 Å². The maximum atomic E-state index is 8.53. The van der Waals surface area contributed by atoms with E-state index in [4.69, 9.17) is 5.26 Å². The zero-order chi connectivity index (χ0) is 10.7. The van der Waals surface area contributed by atoms with E-state index in [1.165, 1.54) is 24.2 Å². The molecule has 0 spiro atoms. The third-order valence-electron chi connectivity index (χ3n) is 1.52. The van der Waals surface area contributed by atoms with E-state index in [1.807, 2.05) is 13.0 Å². The minimum atomic E-state index is 0.297. The Labute approximate surface area is 89.8 Å². The fourth-order valence-electron chi connectivity index (χ4n) is 0.888. The molecule has 2 aromatic rings. The van der Waals surface area contributed by atoms with Gasteiger partial charge in [0, 0.05) is 0 Å². The van der Waals surface area contributed by atoms with Crippen LogP contribution in [-0.2, 0) is 0 Å². The van der Waals surface area contributed by atoms with Gasteiger partial charge in [0.1, 0.15) is 16.9 Å². The summed E-state index contributed by atoms with van der Waals surface area (Å²) in [5, 5.41) is 16.5. The van der Waals surface area contributed by atoms with Crippen LogP contribution in [0, 0.1) is 18.3 Å². The Kier molecular flexibility index (Phi) is 2.60. The van der Waals surface area contributed by atoms with Crippen LogP contribution in [0.3, 0.4) is 0 Å². The Morgan fingerprint density at radius 1 is 1.40 bits per heavy atom. The molecule has 0 fully saturated rings. The fourth-order valence-corrected chi connectivity index (χ4v) is 1.56. The van der Waals surface area contributed by atoms with Crippen molar-refractivity contribution >= 4 is 11.8 Å². The summed E-state index contributed by atoms with van der Waals surface area (Å²) in [5.74, 6) is 0.749. The van der Waals surface area contributed by atoms with Gasteiger partial charge in [-0.2, -0.15) is 5.26 Å². The van der Waals surface area contributed by atoms with Crippen molar-refractivity contribution in [3.05, 3.63) is 23.9 Å². The van der Waals surface area contributed by atoms with Gasteiger partial charge < -0.3 is 0 Å². The molecule has 0 bridgehead atoms. The third-order valence-corrected chi connectivity index (χ3v) is 2.30. The largest absolute Gasteiger partial charge is 0.262 e. The van der Waals surface area contributed by atoms with Crippen molar-refractivity contribution in [1.82, 2.24) is 25.1 Å². The van der Waals surface area contributed by atoms with Crippen molar-refractivity contribution in [2.24, 2.45) is 0 Å². The minimum absolute atomic E-state index is 0.297. The highest BCUT2D eigenvalue weighted by Gasteiger charge is 2.04. The molecule has 0 atom stereocenters. The molecule has 6 nitrogen and oxygen atoms in total. The van der Waals surface area contributed by atoms with E-state index in [2.05, 4.69) is 25.1 Å². The smallest absolute Gasteiger partial charge is 0.214 e. The lowest BCUT2D eigenvalue weighted by atomic mass is 10.5. The van der Waals surface area contributed by atoms with E-state index >= 15 is 0 Å². The standard InChI is InChI=1S/C8H6N6S/c1-5-12-8(14-13-5)15-7-4-10-6(2-9)3-11-7/h3-4H,1H3,(H,12,13,14). The first kappa shape index (κ1) is 9.61. The maximum Gasteiger partial charge on any atom is 0.214 e. The van der Waals surface area contributed by atoms with E-state index in [0.29, 0.717) is 15.9 Å². The first-order chi connectivity index (χ1) is 7.28. The lowest BCUT2D eigenvalue weighted by Crippen LogP contribution is -1.87. The molecule has 0 aliphatic rings. The number of aromatic amines is 1. The van der Waals surface area contributed by atoms with Gasteiger partial charge in [0.25, 0.3) is 0 Å². The number of hydrogen-bond acceptors (Lipinski definition) is 6. The number of nitriles is 1. The number of aryl methyl sites for hydroxylation is 1. The van der Waals surface area contributed by atoms with Crippen LogP contribution in [0.4, 0.5) is 0 Å². The van der Waals surface area contributed by atoms with Gasteiger partial charge in [-0.3, -0.25) is 5.10 Å². The summed E-state index contributed by atoms with van der Waals surface area (Å²) in [4.78, 5) is 12.0. The molecule has 74 valence electrons. The Morgan fingerprint density at radius 3 is 2.80 bits per heavy atom. The summed E-state index contributed by atoms with van der Waals surface area (Å²) in [5.41, 5.74) is 0.297. The number of hydrogen-bond donors (Lipinski definition) is 1. The Hall–Kier alpha value is -1.94. The van der Waals surface area contributed by atoms with Gasteiger partial charge in [-0.25, -0.2) is 15.0 Å². The summed E-state index contributed by atoms with van der Waals surface area (Å²) in [6.07, 6.45) is 2.94. The predicted octanol–water partition coefficient (Wildman–Crippen LogP) is 0.926. The molecular weight excluding hydrogens is 212 g/mol. The summed E-state index contributed by atoms with van der Waals surface area (Å²) in [6, 6.07) is 1.90. The second-order valence-electron chi connectivity index (χ2n) is 2.66. The monoisotopic (exact) mass is 218 g/mol. The first-order valence-corrected chi connectivity index (χ1v) is 4.88. The van der Waals surface area contributed by atoms with Crippen LogP contribution >= 0.6 is 11.8 Å². The fraction of sp³-hybridized carbons (Fsp3) is 0.125. The van der Waals surface area contributed by atoms with E-state index in [-0.39, 0.29) is 0 Å². The van der Waals surface area contributed by atoms with Gasteiger partial charge in [-0.1, -0.05) is 0 Å². The highest BCUT2D eigenvalue weighted by Crippen LogP contribution is 2.20. The molecule has 0 radical (unpaired) electrons. The van der Waals surface area contributed by atoms with Crippen molar-refractivity contribution in [3.63, 3.8) is 0 Å². The van der Waals surface area contributed by atoms with E-state index in [1.54, 1.807) is 0 Å². The van der Waals surface area contributed by atoms with Crippen LogP contribution in [-0.4, -0.2) is 25.1 Å². The molecule has 0 aromatic carbocycles. The van der Waals surface area contributed by atoms with Crippen molar-refractivity contribution in [3.8, 4) is 6.07 Å². The molecule has 0 unspecified atom stereocenters. The number of nitrogens with zero attached hydrogens (tertiary/aromatic N) is 5. The average Bonchev–Trinajstić information content (AvgIpc) is 2.65. The number of rotatable bonds is 2. The molecule has 1 N–H and O–H groups in total. The first-order valence-electron chi connectivity index (χ1n) is 4.07. The van der Waals surface area contributed by atoms with Crippen molar-refractivity contribution in [2.45, 2.75) is 17.1 Å². The molecule has 2 rings (SSSR count). The Balaban J connectivity index is 2.15. The van der Waals surface area contributed by atoms with Crippen LogP contribution in [0.2, 0.25) is 0 Å². The van der Waals surface area contributed by atoms with Crippen LogP contribution in [0.1, 0.15) is 11.5 Å². The molecule has 0 saturated carbocycles. The normalized spacial score (nSPS) is 9.87. The van der Waals surface area contributed by atoms with E-state index < -0.39 is 0 Å². The predicted molar refractivity (Wildman–Crippen MR) is 52.0 cm³/mol. The van der Waals surface area contributed by atoms with Crippen LogP contribution in [0.15, 0.2) is 22.6 Å². The molecule has 2 heterocycles. The van der Waals surface area contributed by atoms with Gasteiger partial charge in [0.05, 0.1) is 12.4 Å². The average molecular weight is 218 g/mol. The molecule has 7 heteroatoms. The van der Waals surface area contributed by atoms with Crippen LogP contribution in [0.5, 0.6) is 0 Å². The zero-order valence-corrected chi connectivity index (χ0v) is 8.62. The van der Waals surface area contributed by atoms with Crippen LogP contribution < -0.4 is 0 Å². The summed E-state index contributed by atoms with van der Waals surface area (Å²) >= 11 is 1.29. The highest BCUT2D eigenvalue weighted by molar-refractivity contribution is 7.99. The lowest BCUT2D eigenvalue weighted by Gasteiger charge is -1.93. The van der Waals surface area contributed by atoms with Crippen LogP contribution in [0.25, 0.3) is 0 Å². The second-order valence-corrected chi connectivity index (χ2v) is 3.64. The molecular formula is C8H6N6S. The zero-order valence-electron chi connectivity index (χ0n) is 7.80. The summed E-state index contributed by atoms with van der Waals surface area (Å²) in [6.45, 7) is 1.82. The summed E-state index contributed by atoms with van der Waals surface area (Å²) < 4.78 is 0. The van der Waals surface area contributed by atoms with Crippen molar-refractivity contribution in [2.75, 3.05) is 0 Å². The number of aromatic nitrogens is 5. The second kappa shape index (κ2) is 4.06. The highest BCUT2D eigenvalue weighted by atomic mass is 32.2. The van der Waals surface area contributed by atoms with Gasteiger partial charge >= 0.3 is 0 Å². The number of nitrogens with one attached hydrogen (secondary N) is 1. The van der Waals surface area contributed by atoms with Gasteiger partial charge in [-0.15, -0.1) is 5.10 Å². The number of H-pyrrole nitrogens is 1. The molecule has 2 aromatic heterocycles. The molecule has 0 amide bonds. The van der Waals surface area contributed by atoms with Crippen molar-refractivity contribution in [1.29, 1.82) is 5.26 Å². The maximum absolute atomic E-state index is 8.53. The van der Waals surface area contributed by atoms with Crippen molar-refractivity contribution < 1.29 is 0 Å². The van der Waals surface area contributed by atoms with Gasteiger partial charge in [-0.05, 0) is 18.7 Å². The topological polar surface area (TPSA) is 91.1 Å². The third kappa shape index (κ3) is 2.30. The SMILES string of the molecule is Cc1nc(Sc2cnc(C#N)cn2)n[nH]1. The lowest BCUT2D eigenvalue weighted by molar-refractivity contribution is 0.958. The molecule has 15 heavy (non-hydrogen) atoms. The molecule has 0 aliphatic carbocycles. The summed E-state index contributed by atoms with van der Waals surface area (Å²) in [7, 11) is 0. The molecule has 0 aliphatic heterocycles. The quantitative estimate of drug-likeness (QED) is 0.806. The molecule has 0 saturated heterocycles. The van der Waals surface area contributed by atoms with Gasteiger partial charge in [0.2, 0.25) is 5.16 Å². The Bertz CT molecular complexity index is 497. The van der Waals surface area contributed by atoms with E-state index in [9.17, 15) is 0 Å².